The number of hydrogen-bond donors (Lipinski definition) is 1. The average Bonchev–Trinajstić information content (AvgIpc) is 3.14. The van der Waals surface area contributed by atoms with Gasteiger partial charge in [-0.05, 0) is 36.4 Å². The van der Waals surface area contributed by atoms with Crippen LogP contribution in [0.2, 0.25) is 0 Å². The number of allylic oxidation sites excluding steroid dienone is 1. The van der Waals surface area contributed by atoms with Crippen LogP contribution in [0.1, 0.15) is 5.82 Å². The summed E-state index contributed by atoms with van der Waals surface area (Å²) in [5, 5.41) is 11.9. The van der Waals surface area contributed by atoms with Crippen molar-refractivity contribution in [1.82, 2.24) is 14.8 Å². The van der Waals surface area contributed by atoms with Crippen molar-refractivity contribution in [3.05, 3.63) is 71.5 Å². The fraction of sp³-hybridized carbons (Fsp3) is 0.190. The lowest BCUT2D eigenvalue weighted by Gasteiger charge is -2.10. The second-order valence-corrected chi connectivity index (χ2v) is 7.97. The quantitative estimate of drug-likeness (QED) is 0.333. The largest absolute Gasteiger partial charge is 0.497 e. The van der Waals surface area contributed by atoms with Gasteiger partial charge >= 0.3 is 0 Å². The van der Waals surface area contributed by atoms with Crippen LogP contribution >= 0.6 is 27.7 Å². The van der Waals surface area contributed by atoms with Gasteiger partial charge < -0.3 is 14.8 Å². The molecule has 1 amide bonds. The van der Waals surface area contributed by atoms with Crippen molar-refractivity contribution in [2.75, 3.05) is 18.2 Å². The number of hydrogen-bond acceptors (Lipinski definition) is 6. The van der Waals surface area contributed by atoms with Gasteiger partial charge in [-0.2, -0.15) is 0 Å². The Morgan fingerprint density at radius 2 is 2.03 bits per heavy atom. The van der Waals surface area contributed by atoms with E-state index in [1.165, 1.54) is 11.8 Å². The molecule has 7 nitrogen and oxygen atoms in total. The normalized spacial score (nSPS) is 10.5. The van der Waals surface area contributed by atoms with E-state index in [1.807, 2.05) is 47.0 Å². The summed E-state index contributed by atoms with van der Waals surface area (Å²) in [6.45, 7) is 4.57. The molecule has 0 saturated carbocycles. The number of ether oxygens (including phenoxy) is 2. The lowest BCUT2D eigenvalue weighted by Crippen LogP contribution is -2.15. The molecule has 0 aliphatic rings. The Hall–Kier alpha value is -2.78. The zero-order valence-corrected chi connectivity index (χ0v) is 18.8. The number of anilines is 1. The molecule has 156 valence electrons. The van der Waals surface area contributed by atoms with Gasteiger partial charge in [0, 0.05) is 22.8 Å². The molecule has 1 heterocycles. The maximum absolute atomic E-state index is 12.3. The average molecular weight is 489 g/mol. The van der Waals surface area contributed by atoms with Crippen LogP contribution in [0, 0.1) is 0 Å². The Morgan fingerprint density at radius 3 is 2.77 bits per heavy atom. The Balaban J connectivity index is 1.60. The minimum Gasteiger partial charge on any atom is -0.497 e. The first kappa shape index (κ1) is 21.9. The summed E-state index contributed by atoms with van der Waals surface area (Å²) in [4.78, 5) is 12.3. The minimum atomic E-state index is -0.144. The second-order valence-electron chi connectivity index (χ2n) is 6.11. The molecule has 0 atom stereocenters. The molecule has 0 bridgehead atoms. The summed E-state index contributed by atoms with van der Waals surface area (Å²) in [6, 6.07) is 14.8. The number of nitrogens with zero attached hydrogens (tertiary/aromatic N) is 3. The minimum absolute atomic E-state index is 0.144. The molecule has 1 N–H and O–H groups in total. The first-order valence-corrected chi connectivity index (χ1v) is 10.8. The van der Waals surface area contributed by atoms with Crippen molar-refractivity contribution in [1.29, 1.82) is 0 Å². The van der Waals surface area contributed by atoms with Gasteiger partial charge in [0.15, 0.2) is 11.0 Å². The molecule has 0 fully saturated rings. The Bertz CT molecular complexity index is 1010. The lowest BCUT2D eigenvalue weighted by atomic mass is 10.3. The number of halogens is 1. The third-order valence-corrected chi connectivity index (χ3v) is 5.47. The standard InChI is InChI=1S/C21H21BrN4O3S/c1-3-11-26-19(13-29-17-9-7-15(22)8-10-17)24-25-21(26)30-14-20(27)23-16-5-4-6-18(12-16)28-2/h3-10,12H,1,11,13-14H2,2H3,(H,23,27). The molecule has 1 aromatic heterocycles. The summed E-state index contributed by atoms with van der Waals surface area (Å²) < 4.78 is 13.8. The predicted octanol–water partition coefficient (Wildman–Crippen LogP) is 4.55. The molecule has 3 aromatic rings. The van der Waals surface area contributed by atoms with E-state index in [4.69, 9.17) is 9.47 Å². The number of nitrogens with one attached hydrogen (secondary N) is 1. The number of aromatic nitrogens is 3. The van der Waals surface area contributed by atoms with Crippen molar-refractivity contribution in [2.45, 2.75) is 18.3 Å². The number of methoxy groups -OCH3 is 1. The van der Waals surface area contributed by atoms with Crippen molar-refractivity contribution in [3.8, 4) is 11.5 Å². The Morgan fingerprint density at radius 1 is 1.23 bits per heavy atom. The molecule has 0 saturated heterocycles. The van der Waals surface area contributed by atoms with E-state index in [0.29, 0.717) is 29.0 Å². The van der Waals surface area contributed by atoms with E-state index in [2.05, 4.69) is 38.0 Å². The zero-order chi connectivity index (χ0) is 21.3. The molecule has 3 rings (SSSR count). The van der Waals surface area contributed by atoms with Crippen LogP contribution in [0.4, 0.5) is 5.69 Å². The van der Waals surface area contributed by atoms with Crippen molar-refractivity contribution in [3.63, 3.8) is 0 Å². The number of thioether (sulfide) groups is 1. The molecular formula is C21H21BrN4O3S. The summed E-state index contributed by atoms with van der Waals surface area (Å²) >= 11 is 4.70. The molecular weight excluding hydrogens is 468 g/mol. The summed E-state index contributed by atoms with van der Waals surface area (Å²) in [6.07, 6.45) is 1.76. The molecule has 0 radical (unpaired) electrons. The van der Waals surface area contributed by atoms with E-state index in [1.54, 1.807) is 19.3 Å². The van der Waals surface area contributed by atoms with E-state index >= 15 is 0 Å². The van der Waals surface area contributed by atoms with Gasteiger partial charge in [0.05, 0.1) is 12.9 Å². The van der Waals surface area contributed by atoms with Gasteiger partial charge in [-0.3, -0.25) is 9.36 Å². The van der Waals surface area contributed by atoms with Crippen LogP contribution in [-0.2, 0) is 17.9 Å². The third-order valence-electron chi connectivity index (χ3n) is 3.97. The van der Waals surface area contributed by atoms with Gasteiger partial charge in [-0.15, -0.1) is 16.8 Å². The van der Waals surface area contributed by atoms with Crippen molar-refractivity contribution < 1.29 is 14.3 Å². The molecule has 0 aliphatic heterocycles. The van der Waals surface area contributed by atoms with Crippen LogP contribution in [-0.4, -0.2) is 33.5 Å². The number of amides is 1. The fourth-order valence-electron chi connectivity index (χ4n) is 2.55. The van der Waals surface area contributed by atoms with E-state index in [0.717, 1.165) is 10.2 Å². The number of carbonyl (C=O) groups is 1. The lowest BCUT2D eigenvalue weighted by molar-refractivity contribution is -0.113. The Kier molecular flexibility index (Phi) is 7.92. The number of rotatable bonds is 10. The van der Waals surface area contributed by atoms with E-state index in [9.17, 15) is 4.79 Å². The van der Waals surface area contributed by atoms with E-state index < -0.39 is 0 Å². The second kappa shape index (κ2) is 10.8. The molecule has 0 spiro atoms. The highest BCUT2D eigenvalue weighted by Crippen LogP contribution is 2.21. The maximum atomic E-state index is 12.3. The first-order chi connectivity index (χ1) is 14.6. The van der Waals surface area contributed by atoms with Crippen molar-refractivity contribution >= 4 is 39.3 Å². The van der Waals surface area contributed by atoms with Crippen LogP contribution in [0.3, 0.4) is 0 Å². The number of carbonyl (C=O) groups excluding carboxylic acids is 1. The third kappa shape index (κ3) is 6.11. The molecule has 2 aromatic carbocycles. The highest BCUT2D eigenvalue weighted by Gasteiger charge is 2.14. The SMILES string of the molecule is C=CCn1c(COc2ccc(Br)cc2)nnc1SCC(=O)Nc1cccc(OC)c1. The summed E-state index contributed by atoms with van der Waals surface area (Å²) in [5.41, 5.74) is 0.677. The summed E-state index contributed by atoms with van der Waals surface area (Å²) in [5.74, 6) is 2.13. The van der Waals surface area contributed by atoms with Gasteiger partial charge in [-0.1, -0.05) is 39.8 Å². The first-order valence-electron chi connectivity index (χ1n) is 9.07. The Labute approximate surface area is 187 Å². The molecule has 0 unspecified atom stereocenters. The van der Waals surface area contributed by atoms with Gasteiger partial charge in [0.2, 0.25) is 5.91 Å². The zero-order valence-electron chi connectivity index (χ0n) is 16.4. The van der Waals surface area contributed by atoms with Gasteiger partial charge in [0.1, 0.15) is 18.1 Å². The summed E-state index contributed by atoms with van der Waals surface area (Å²) in [7, 11) is 1.58. The monoisotopic (exact) mass is 488 g/mol. The highest BCUT2D eigenvalue weighted by atomic mass is 79.9. The van der Waals surface area contributed by atoms with Crippen LogP contribution < -0.4 is 14.8 Å². The van der Waals surface area contributed by atoms with Crippen LogP contribution in [0.15, 0.2) is 70.8 Å². The maximum Gasteiger partial charge on any atom is 0.234 e. The molecule has 0 aliphatic carbocycles. The van der Waals surface area contributed by atoms with Gasteiger partial charge in [0.25, 0.3) is 0 Å². The smallest absolute Gasteiger partial charge is 0.234 e. The molecule has 30 heavy (non-hydrogen) atoms. The van der Waals surface area contributed by atoms with Crippen LogP contribution in [0.5, 0.6) is 11.5 Å². The number of benzene rings is 2. The molecule has 9 heteroatoms. The fourth-order valence-corrected chi connectivity index (χ4v) is 3.58. The van der Waals surface area contributed by atoms with Crippen molar-refractivity contribution in [2.24, 2.45) is 0 Å². The van der Waals surface area contributed by atoms with E-state index in [-0.39, 0.29) is 18.3 Å². The highest BCUT2D eigenvalue weighted by molar-refractivity contribution is 9.10. The topological polar surface area (TPSA) is 78.3 Å². The van der Waals surface area contributed by atoms with Crippen LogP contribution in [0.25, 0.3) is 0 Å². The predicted molar refractivity (Wildman–Crippen MR) is 121 cm³/mol. The van der Waals surface area contributed by atoms with Gasteiger partial charge in [-0.25, -0.2) is 0 Å².